The van der Waals surface area contributed by atoms with Crippen LogP contribution < -0.4 is 31.7 Å². The van der Waals surface area contributed by atoms with Crippen LogP contribution in [0.2, 0.25) is 5.02 Å². The summed E-state index contributed by atoms with van der Waals surface area (Å²) in [6.45, 7) is 4.03. The summed E-state index contributed by atoms with van der Waals surface area (Å²) in [4.78, 5) is 95.6. The molecule has 12 aromatic rings. The number of anilines is 3. The molecule has 8 aromatic carbocycles. The lowest BCUT2D eigenvalue weighted by Crippen LogP contribution is -2.40. The zero-order chi connectivity index (χ0) is 65.7. The molecular formula is C75H61ClN10O8. The number of amides is 6. The first-order chi connectivity index (χ1) is 45.7. The highest BCUT2D eigenvalue weighted by molar-refractivity contribution is 6.30. The molecule has 0 unspecified atom stereocenters. The fourth-order valence-corrected chi connectivity index (χ4v) is 10.7. The fraction of sp³-hybridized carbons (Fsp3) is 0.0933. The molecule has 6 N–H and O–H groups in total. The highest BCUT2D eigenvalue weighted by Gasteiger charge is 2.22. The Morgan fingerprint density at radius 3 is 1.44 bits per heavy atom. The van der Waals surface area contributed by atoms with E-state index in [1.807, 2.05) is 121 Å². The Morgan fingerprint density at radius 1 is 0.500 bits per heavy atom. The fourth-order valence-electron chi connectivity index (χ4n) is 10.5. The number of hydrogen-bond acceptors (Lipinski definition) is 12. The number of nitrogens with one attached hydrogen (secondary N) is 4. The van der Waals surface area contributed by atoms with Gasteiger partial charge in [-0.05, 0) is 158 Å². The molecule has 0 spiro atoms. The van der Waals surface area contributed by atoms with Crippen LogP contribution in [-0.2, 0) is 4.74 Å². The van der Waals surface area contributed by atoms with Crippen molar-refractivity contribution in [2.45, 2.75) is 6.92 Å². The number of nitrogens with zero attached hydrogens (tertiary/aromatic N) is 5. The van der Waals surface area contributed by atoms with Crippen molar-refractivity contribution in [3.05, 3.63) is 275 Å². The highest BCUT2D eigenvalue weighted by Crippen LogP contribution is 2.31. The van der Waals surface area contributed by atoms with Crippen molar-refractivity contribution in [2.24, 2.45) is 5.73 Å². The average molecular weight is 1270 g/mol. The molecule has 1 fully saturated rings. The normalized spacial score (nSPS) is 11.7. The standard InChI is InChI=1S/C27H22ClN3O3.C25H21N3O3.C23H18N4O2/c28-20-9-5-18(6-10-20)25-17-23(22-3-1-2-4-24(22)30-25)26(32)29-21-11-7-19(8-12-21)27(33)31-13-15-34-16-14-31;1-15-18(24(26)29)7-5-9-21(15)28-25(30)20-14-23(16-10-12-17(31-2)13-11-16)27-22-8-4-3-6-19(20)22;1-24-22(28)15-8-10-17(11-9-15)26-23(29)19-13-21(16-5-4-12-25-14-16)27-20-7-3-2-6-18(19)20/h1-12,17H,13-16H2,(H,29,32);3-14H,1-2H3,(H2,26,29)(H,28,30);2-14H,1H3,(H,24,28)(H,26,29). The minimum absolute atomic E-state index is 0.0334. The van der Waals surface area contributed by atoms with Crippen molar-refractivity contribution in [2.75, 3.05) is 56.4 Å². The van der Waals surface area contributed by atoms with Gasteiger partial charge in [0.05, 0.1) is 70.6 Å². The number of hydrogen-bond donors (Lipinski definition) is 5. The van der Waals surface area contributed by atoms with Gasteiger partial charge in [-0.15, -0.1) is 0 Å². The number of carbonyl (C=O) groups is 6. The summed E-state index contributed by atoms with van der Waals surface area (Å²) >= 11 is 6.03. The van der Waals surface area contributed by atoms with Gasteiger partial charge in [-0.1, -0.05) is 84.4 Å². The van der Waals surface area contributed by atoms with E-state index in [0.717, 1.165) is 49.6 Å². The van der Waals surface area contributed by atoms with Crippen LogP contribution in [-0.4, -0.2) is 101 Å². The maximum absolute atomic E-state index is 13.3. The molecule has 6 amide bonds. The number of pyridine rings is 4. The first-order valence-electron chi connectivity index (χ1n) is 29.8. The third-order valence-corrected chi connectivity index (χ3v) is 15.8. The van der Waals surface area contributed by atoms with Crippen LogP contribution in [0.25, 0.3) is 66.5 Å². The smallest absolute Gasteiger partial charge is 0.256 e. The van der Waals surface area contributed by atoms with Crippen molar-refractivity contribution >= 4 is 96.8 Å². The Morgan fingerprint density at radius 2 is 0.968 bits per heavy atom. The van der Waals surface area contributed by atoms with Gasteiger partial charge in [0.1, 0.15) is 5.75 Å². The molecule has 0 atom stereocenters. The van der Waals surface area contributed by atoms with Gasteiger partial charge >= 0.3 is 0 Å². The number of benzene rings is 8. The maximum atomic E-state index is 13.3. The lowest BCUT2D eigenvalue weighted by molar-refractivity contribution is 0.0303. The van der Waals surface area contributed by atoms with E-state index in [-0.39, 0.29) is 29.5 Å². The molecule has 4 aromatic heterocycles. The predicted octanol–water partition coefficient (Wildman–Crippen LogP) is 13.8. The molecule has 0 aliphatic carbocycles. The number of morpholine rings is 1. The lowest BCUT2D eigenvalue weighted by atomic mass is 10.0. The summed E-state index contributed by atoms with van der Waals surface area (Å²) in [5.41, 5.74) is 17.6. The maximum Gasteiger partial charge on any atom is 0.256 e. The van der Waals surface area contributed by atoms with Crippen LogP contribution in [0.5, 0.6) is 5.75 Å². The van der Waals surface area contributed by atoms with Gasteiger partial charge in [0.2, 0.25) is 5.91 Å². The number of para-hydroxylation sites is 3. The molecule has 5 heterocycles. The average Bonchev–Trinajstić information content (AvgIpc) is 0.813. The first kappa shape index (κ1) is 63.6. The monoisotopic (exact) mass is 1260 g/mol. The number of rotatable bonds is 13. The zero-order valence-corrected chi connectivity index (χ0v) is 52.0. The van der Waals surface area contributed by atoms with Crippen LogP contribution >= 0.6 is 11.6 Å². The molecule has 0 radical (unpaired) electrons. The SMILES string of the molecule is CNC(=O)c1ccc(NC(=O)c2cc(-c3cccnc3)nc3ccccc23)cc1.COc1ccc(-c2cc(C(=O)Nc3cccc(C(N)=O)c3C)c3ccccc3n2)cc1.O=C(Nc1ccc(C(=O)N2CCOCC2)cc1)c1cc(-c2ccc(Cl)cc2)nc2ccccc12. The summed E-state index contributed by atoms with van der Waals surface area (Å²) in [6, 6.07) is 65.3. The number of nitrogens with two attached hydrogens (primary N) is 1. The zero-order valence-electron chi connectivity index (χ0n) is 51.2. The Bertz CT molecular complexity index is 4800. The number of ether oxygens (including phenoxy) is 2. The number of primary amides is 1. The van der Waals surface area contributed by atoms with E-state index in [1.165, 1.54) is 0 Å². The topological polar surface area (TPSA) is 250 Å². The van der Waals surface area contributed by atoms with Crippen LogP contribution in [0.3, 0.4) is 0 Å². The number of methoxy groups -OCH3 is 1. The Hall–Kier alpha value is -12.0. The molecule has 0 saturated carbocycles. The molecule has 13 rings (SSSR count). The molecule has 1 aliphatic heterocycles. The van der Waals surface area contributed by atoms with E-state index in [2.05, 4.69) is 31.2 Å². The Kier molecular flexibility index (Phi) is 19.8. The van der Waals surface area contributed by atoms with Crippen molar-refractivity contribution < 1.29 is 38.2 Å². The number of fused-ring (bicyclic) bond motifs is 3. The second kappa shape index (κ2) is 29.3. The summed E-state index contributed by atoms with van der Waals surface area (Å²) < 4.78 is 10.5. The molecule has 94 heavy (non-hydrogen) atoms. The quantitative estimate of drug-likeness (QED) is 0.0723. The molecule has 1 aliphatic rings. The van der Waals surface area contributed by atoms with E-state index in [9.17, 15) is 28.8 Å². The van der Waals surface area contributed by atoms with Crippen molar-refractivity contribution in [3.63, 3.8) is 0 Å². The third-order valence-electron chi connectivity index (χ3n) is 15.5. The van der Waals surface area contributed by atoms with Crippen LogP contribution in [0.1, 0.15) is 67.7 Å². The summed E-state index contributed by atoms with van der Waals surface area (Å²) in [5.74, 6) is -0.796. The molecular weight excluding hydrogens is 1200 g/mol. The van der Waals surface area contributed by atoms with E-state index < -0.39 is 5.91 Å². The van der Waals surface area contributed by atoms with Crippen LogP contribution in [0.15, 0.2) is 231 Å². The van der Waals surface area contributed by atoms with Gasteiger partial charge in [0.25, 0.3) is 29.5 Å². The Labute approximate surface area is 545 Å². The van der Waals surface area contributed by atoms with E-state index in [0.29, 0.717) is 110 Å². The van der Waals surface area contributed by atoms with Gasteiger partial charge < -0.3 is 41.4 Å². The largest absolute Gasteiger partial charge is 0.497 e. The molecule has 466 valence electrons. The van der Waals surface area contributed by atoms with E-state index in [4.69, 9.17) is 36.8 Å². The van der Waals surface area contributed by atoms with Gasteiger partial charge in [0.15, 0.2) is 0 Å². The van der Waals surface area contributed by atoms with Crippen molar-refractivity contribution in [1.82, 2.24) is 30.2 Å². The first-order valence-corrected chi connectivity index (χ1v) is 30.2. The highest BCUT2D eigenvalue weighted by atomic mass is 35.5. The van der Waals surface area contributed by atoms with Gasteiger partial charge in [-0.25, -0.2) is 15.0 Å². The summed E-state index contributed by atoms with van der Waals surface area (Å²) in [6.07, 6.45) is 3.41. The summed E-state index contributed by atoms with van der Waals surface area (Å²) in [5, 5.41) is 14.2. The number of halogens is 1. The van der Waals surface area contributed by atoms with Crippen molar-refractivity contribution in [1.29, 1.82) is 0 Å². The minimum atomic E-state index is -0.537. The van der Waals surface area contributed by atoms with Crippen molar-refractivity contribution in [3.8, 4) is 39.5 Å². The van der Waals surface area contributed by atoms with E-state index >= 15 is 0 Å². The second-order valence-corrected chi connectivity index (χ2v) is 22.0. The van der Waals surface area contributed by atoms with Gasteiger partial charge in [0, 0.05) is 104 Å². The Balaban J connectivity index is 0.000000144. The lowest BCUT2D eigenvalue weighted by Gasteiger charge is -2.26. The van der Waals surface area contributed by atoms with Gasteiger partial charge in [-0.2, -0.15) is 0 Å². The van der Waals surface area contributed by atoms with Crippen LogP contribution in [0, 0.1) is 6.92 Å². The second-order valence-electron chi connectivity index (χ2n) is 21.5. The molecule has 19 heteroatoms. The predicted molar refractivity (Wildman–Crippen MR) is 367 cm³/mol. The molecule has 1 saturated heterocycles. The molecule has 18 nitrogen and oxygen atoms in total. The van der Waals surface area contributed by atoms with E-state index in [1.54, 1.807) is 135 Å². The third kappa shape index (κ3) is 14.9. The minimum Gasteiger partial charge on any atom is -0.497 e. The van der Waals surface area contributed by atoms with Crippen LogP contribution in [0.4, 0.5) is 17.1 Å². The molecule has 0 bridgehead atoms. The number of carbonyl (C=O) groups excluding carboxylic acids is 6. The van der Waals surface area contributed by atoms with Gasteiger partial charge in [-0.3, -0.25) is 33.8 Å². The summed E-state index contributed by atoms with van der Waals surface area (Å²) in [7, 11) is 3.19. The number of aromatic nitrogens is 4.